The molecule has 144 valence electrons. The van der Waals surface area contributed by atoms with Gasteiger partial charge in [0.25, 0.3) is 0 Å². The van der Waals surface area contributed by atoms with Gasteiger partial charge in [0.05, 0.1) is 12.2 Å². The molecule has 0 heterocycles. The Morgan fingerprint density at radius 1 is 0.821 bits per heavy atom. The van der Waals surface area contributed by atoms with E-state index in [-0.39, 0.29) is 6.61 Å². The van der Waals surface area contributed by atoms with E-state index in [4.69, 9.17) is 14.2 Å². The number of para-hydroxylation sites is 4. The molecule has 0 aromatic heterocycles. The maximum atomic E-state index is 11.8. The molecular weight excluding hydrogens is 354 g/mol. The van der Waals surface area contributed by atoms with Crippen molar-refractivity contribution in [3.63, 3.8) is 0 Å². The van der Waals surface area contributed by atoms with Crippen molar-refractivity contribution in [3.05, 3.63) is 84.9 Å². The predicted octanol–water partition coefficient (Wildman–Crippen LogP) is 5.52. The molecular formula is C23H23NO4. The Labute approximate surface area is 165 Å². The van der Waals surface area contributed by atoms with Crippen LogP contribution in [0.5, 0.6) is 17.2 Å². The van der Waals surface area contributed by atoms with Crippen LogP contribution in [0, 0.1) is 0 Å². The number of hydrogen-bond acceptors (Lipinski definition) is 5. The van der Waals surface area contributed by atoms with Crippen molar-refractivity contribution >= 4 is 11.8 Å². The van der Waals surface area contributed by atoms with E-state index in [0.717, 1.165) is 23.7 Å². The summed E-state index contributed by atoms with van der Waals surface area (Å²) in [6.45, 7) is 3.52. The van der Waals surface area contributed by atoms with Crippen LogP contribution >= 0.6 is 0 Å². The number of nitrogens with zero attached hydrogens (tertiary/aromatic N) is 1. The SMILES string of the molecule is CCN(CCOC(=O)Oc1ccccc1)c1ccccc1Oc1ccccc1. The van der Waals surface area contributed by atoms with E-state index in [0.29, 0.717) is 12.3 Å². The van der Waals surface area contributed by atoms with E-state index in [1.54, 1.807) is 24.3 Å². The molecule has 0 saturated carbocycles. The Balaban J connectivity index is 1.58. The van der Waals surface area contributed by atoms with Crippen LogP contribution in [0.3, 0.4) is 0 Å². The molecule has 0 radical (unpaired) electrons. The Bertz CT molecular complexity index is 868. The molecule has 0 fully saturated rings. The van der Waals surface area contributed by atoms with Gasteiger partial charge in [0.1, 0.15) is 18.1 Å². The number of carbonyl (C=O) groups excluding carboxylic acids is 1. The summed E-state index contributed by atoms with van der Waals surface area (Å²) in [4.78, 5) is 13.9. The first-order chi connectivity index (χ1) is 13.8. The number of rotatable bonds is 8. The van der Waals surface area contributed by atoms with Crippen molar-refractivity contribution in [2.45, 2.75) is 6.92 Å². The van der Waals surface area contributed by atoms with Gasteiger partial charge < -0.3 is 19.1 Å². The maximum absolute atomic E-state index is 11.8. The fourth-order valence-corrected chi connectivity index (χ4v) is 2.72. The quantitative estimate of drug-likeness (QED) is 0.382. The molecule has 3 rings (SSSR count). The van der Waals surface area contributed by atoms with E-state index in [2.05, 4.69) is 4.90 Å². The zero-order chi connectivity index (χ0) is 19.6. The lowest BCUT2D eigenvalue weighted by Gasteiger charge is -2.25. The summed E-state index contributed by atoms with van der Waals surface area (Å²) in [5.41, 5.74) is 0.939. The first-order valence-electron chi connectivity index (χ1n) is 9.23. The summed E-state index contributed by atoms with van der Waals surface area (Å²) in [5, 5.41) is 0. The first-order valence-corrected chi connectivity index (χ1v) is 9.23. The van der Waals surface area contributed by atoms with Gasteiger partial charge in [-0.3, -0.25) is 0 Å². The van der Waals surface area contributed by atoms with E-state index < -0.39 is 6.16 Å². The largest absolute Gasteiger partial charge is 0.513 e. The van der Waals surface area contributed by atoms with Crippen LogP contribution in [-0.2, 0) is 4.74 Å². The third-order valence-electron chi connectivity index (χ3n) is 4.08. The van der Waals surface area contributed by atoms with Crippen molar-refractivity contribution in [1.82, 2.24) is 0 Å². The average Bonchev–Trinajstić information content (AvgIpc) is 2.73. The zero-order valence-corrected chi connectivity index (χ0v) is 15.8. The van der Waals surface area contributed by atoms with E-state index in [1.165, 1.54) is 0 Å². The topological polar surface area (TPSA) is 48.0 Å². The van der Waals surface area contributed by atoms with Crippen LogP contribution in [0.2, 0.25) is 0 Å². The van der Waals surface area contributed by atoms with Gasteiger partial charge in [0.2, 0.25) is 0 Å². The minimum atomic E-state index is -0.712. The standard InChI is InChI=1S/C23H23NO4/c1-2-24(17-18-26-23(25)28-20-13-7-4-8-14-20)21-15-9-10-16-22(21)27-19-11-5-3-6-12-19/h3-16H,2,17-18H2,1H3. The summed E-state index contributed by atoms with van der Waals surface area (Å²) in [7, 11) is 0. The minimum Gasteiger partial charge on any atom is -0.455 e. The molecule has 0 saturated heterocycles. The average molecular weight is 377 g/mol. The highest BCUT2D eigenvalue weighted by atomic mass is 16.7. The smallest absolute Gasteiger partial charge is 0.455 e. The van der Waals surface area contributed by atoms with Gasteiger partial charge in [-0.2, -0.15) is 0 Å². The second-order valence-corrected chi connectivity index (χ2v) is 5.98. The van der Waals surface area contributed by atoms with Gasteiger partial charge in [0.15, 0.2) is 5.75 Å². The van der Waals surface area contributed by atoms with Crippen LogP contribution in [0.15, 0.2) is 84.9 Å². The lowest BCUT2D eigenvalue weighted by atomic mass is 10.2. The van der Waals surface area contributed by atoms with Crippen molar-refractivity contribution in [2.75, 3.05) is 24.6 Å². The van der Waals surface area contributed by atoms with Gasteiger partial charge in [-0.15, -0.1) is 0 Å². The Hall–Kier alpha value is -3.47. The zero-order valence-electron chi connectivity index (χ0n) is 15.8. The van der Waals surface area contributed by atoms with Crippen LogP contribution in [-0.4, -0.2) is 25.9 Å². The van der Waals surface area contributed by atoms with E-state index >= 15 is 0 Å². The van der Waals surface area contributed by atoms with Gasteiger partial charge in [-0.05, 0) is 43.3 Å². The number of carbonyl (C=O) groups is 1. The lowest BCUT2D eigenvalue weighted by Crippen LogP contribution is -2.28. The third kappa shape index (κ3) is 5.51. The number of likely N-dealkylation sites (N-methyl/N-ethyl adjacent to an activating group) is 1. The van der Waals surface area contributed by atoms with Crippen molar-refractivity contribution in [3.8, 4) is 17.2 Å². The van der Waals surface area contributed by atoms with Crippen molar-refractivity contribution < 1.29 is 19.0 Å². The molecule has 0 atom stereocenters. The number of hydrogen-bond donors (Lipinski definition) is 0. The first kappa shape index (κ1) is 19.3. The summed E-state index contributed by atoms with van der Waals surface area (Å²) in [5.74, 6) is 1.98. The highest BCUT2D eigenvalue weighted by molar-refractivity contribution is 5.64. The van der Waals surface area contributed by atoms with Gasteiger partial charge in [-0.25, -0.2) is 4.79 Å². The molecule has 3 aromatic carbocycles. The predicted molar refractivity (Wildman–Crippen MR) is 109 cm³/mol. The fraction of sp³-hybridized carbons (Fsp3) is 0.174. The molecule has 0 bridgehead atoms. The molecule has 0 spiro atoms. The Morgan fingerprint density at radius 2 is 1.43 bits per heavy atom. The lowest BCUT2D eigenvalue weighted by molar-refractivity contribution is 0.101. The molecule has 0 aliphatic rings. The second kappa shape index (κ2) is 10.0. The Kier molecular flexibility index (Phi) is 6.90. The minimum absolute atomic E-state index is 0.208. The molecule has 0 unspecified atom stereocenters. The van der Waals surface area contributed by atoms with E-state index in [9.17, 15) is 4.79 Å². The summed E-state index contributed by atoms with van der Waals surface area (Å²) in [6, 6.07) is 26.3. The summed E-state index contributed by atoms with van der Waals surface area (Å²) < 4.78 is 16.4. The second-order valence-electron chi connectivity index (χ2n) is 5.98. The van der Waals surface area contributed by atoms with Crippen LogP contribution in [0.4, 0.5) is 10.5 Å². The highest BCUT2D eigenvalue weighted by Gasteiger charge is 2.13. The Morgan fingerprint density at radius 3 is 2.11 bits per heavy atom. The van der Waals surface area contributed by atoms with Crippen LogP contribution in [0.25, 0.3) is 0 Å². The summed E-state index contributed by atoms with van der Waals surface area (Å²) >= 11 is 0. The molecule has 0 aliphatic heterocycles. The van der Waals surface area contributed by atoms with Crippen LogP contribution in [0.1, 0.15) is 6.92 Å². The molecule has 0 N–H and O–H groups in total. The van der Waals surface area contributed by atoms with Crippen molar-refractivity contribution in [2.24, 2.45) is 0 Å². The van der Waals surface area contributed by atoms with Gasteiger partial charge in [0, 0.05) is 6.54 Å². The molecule has 5 nitrogen and oxygen atoms in total. The van der Waals surface area contributed by atoms with Gasteiger partial charge >= 0.3 is 6.16 Å². The number of ether oxygens (including phenoxy) is 3. The van der Waals surface area contributed by atoms with Gasteiger partial charge in [-0.1, -0.05) is 48.5 Å². The van der Waals surface area contributed by atoms with Crippen molar-refractivity contribution in [1.29, 1.82) is 0 Å². The molecule has 5 heteroatoms. The molecule has 28 heavy (non-hydrogen) atoms. The highest BCUT2D eigenvalue weighted by Crippen LogP contribution is 2.31. The molecule has 0 aliphatic carbocycles. The normalized spacial score (nSPS) is 10.2. The molecule has 3 aromatic rings. The number of anilines is 1. The monoisotopic (exact) mass is 377 g/mol. The third-order valence-corrected chi connectivity index (χ3v) is 4.08. The number of benzene rings is 3. The summed E-state index contributed by atoms with van der Waals surface area (Å²) in [6.07, 6.45) is -0.712. The fourth-order valence-electron chi connectivity index (χ4n) is 2.72. The van der Waals surface area contributed by atoms with E-state index in [1.807, 2.05) is 67.6 Å². The van der Waals surface area contributed by atoms with Crippen LogP contribution < -0.4 is 14.4 Å². The molecule has 0 amide bonds. The maximum Gasteiger partial charge on any atom is 0.513 e.